The molecule has 47 heavy (non-hydrogen) atoms. The zero-order chi connectivity index (χ0) is 35.5. The molecule has 0 heterocycles. The number of hydrogen-bond acceptors (Lipinski definition) is 7. The number of methoxy groups -OCH3 is 1. The summed E-state index contributed by atoms with van der Waals surface area (Å²) in [6.07, 6.45) is -3.47. The van der Waals surface area contributed by atoms with Crippen LogP contribution in [0, 0.1) is 58.2 Å². The average molecular weight is 685 g/mol. The predicted octanol–water partition coefficient (Wildman–Crippen LogP) is 2.99. The molecule has 0 spiro atoms. The van der Waals surface area contributed by atoms with Crippen LogP contribution in [0.25, 0.3) is 0 Å². The highest BCUT2D eigenvalue weighted by molar-refractivity contribution is 5.92. The van der Waals surface area contributed by atoms with Crippen LogP contribution < -0.4 is 16.4 Å². The van der Waals surface area contributed by atoms with Gasteiger partial charge >= 0.3 is 5.97 Å². The van der Waals surface area contributed by atoms with Gasteiger partial charge in [0.05, 0.1) is 13.2 Å². The van der Waals surface area contributed by atoms with Gasteiger partial charge in [0.1, 0.15) is 12.1 Å². The molecule has 0 saturated carbocycles. The van der Waals surface area contributed by atoms with Crippen molar-refractivity contribution in [3.05, 3.63) is 93.1 Å². The van der Waals surface area contributed by atoms with Crippen molar-refractivity contribution in [1.82, 2.24) is 10.6 Å². The molecule has 0 aliphatic rings. The SMILES string of the molecule is COC(=O)[C@H](Cc1c(F)c(F)c(F)c(F)c1F)NC(=O)[C@H](Cc1c(F)c(F)c(F)c(F)c1F)NC(=O)[C@@H](N)Cc1ccc(O)c(O)c1. The summed E-state index contributed by atoms with van der Waals surface area (Å²) in [4.78, 5) is 38.5. The molecule has 3 aromatic rings. The van der Waals surface area contributed by atoms with Crippen LogP contribution in [-0.2, 0) is 38.4 Å². The first kappa shape index (κ1) is 36.4. The number of carbonyl (C=O) groups is 3. The van der Waals surface area contributed by atoms with Crippen LogP contribution in [0.2, 0.25) is 0 Å². The number of esters is 1. The molecule has 2 amide bonds. The Kier molecular flexibility index (Phi) is 11.3. The number of carbonyl (C=O) groups excluding carboxylic acids is 3. The molecule has 0 aliphatic carbocycles. The number of hydrogen-bond donors (Lipinski definition) is 5. The Hall–Kier alpha value is -5.07. The van der Waals surface area contributed by atoms with Gasteiger partial charge in [-0.2, -0.15) is 0 Å². The van der Waals surface area contributed by atoms with E-state index in [0.29, 0.717) is 7.11 Å². The fourth-order valence-corrected chi connectivity index (χ4v) is 4.21. The number of phenolic OH excluding ortho intramolecular Hbond substituents is 2. The zero-order valence-electron chi connectivity index (χ0n) is 23.5. The predicted molar refractivity (Wildman–Crippen MR) is 137 cm³/mol. The number of ether oxygens (including phenoxy) is 1. The Labute approximate surface area is 256 Å². The Morgan fingerprint density at radius 2 is 1.04 bits per heavy atom. The van der Waals surface area contributed by atoms with Crippen molar-refractivity contribution >= 4 is 17.8 Å². The summed E-state index contributed by atoms with van der Waals surface area (Å²) in [5, 5.41) is 22.7. The lowest BCUT2D eigenvalue weighted by molar-refractivity contribution is -0.145. The molecule has 3 rings (SSSR count). The second-order valence-corrected chi connectivity index (χ2v) is 9.78. The maximum atomic E-state index is 14.5. The number of benzene rings is 3. The van der Waals surface area contributed by atoms with Crippen molar-refractivity contribution < 1.29 is 73.2 Å². The highest BCUT2D eigenvalue weighted by Gasteiger charge is 2.35. The summed E-state index contributed by atoms with van der Waals surface area (Å²) < 4.78 is 144. The van der Waals surface area contributed by atoms with E-state index in [0.717, 1.165) is 12.1 Å². The van der Waals surface area contributed by atoms with Crippen molar-refractivity contribution in [2.45, 2.75) is 37.4 Å². The summed E-state index contributed by atoms with van der Waals surface area (Å²) >= 11 is 0. The summed E-state index contributed by atoms with van der Waals surface area (Å²) in [7, 11) is 0.675. The van der Waals surface area contributed by atoms with Crippen molar-refractivity contribution in [1.29, 1.82) is 0 Å². The van der Waals surface area contributed by atoms with Crippen molar-refractivity contribution in [3.63, 3.8) is 0 Å². The highest BCUT2D eigenvalue weighted by atomic mass is 19.2. The lowest BCUT2D eigenvalue weighted by atomic mass is 9.99. The maximum Gasteiger partial charge on any atom is 0.328 e. The van der Waals surface area contributed by atoms with Crippen molar-refractivity contribution in [2.24, 2.45) is 5.73 Å². The van der Waals surface area contributed by atoms with Crippen LogP contribution >= 0.6 is 0 Å². The molecule has 0 saturated heterocycles. The third kappa shape index (κ3) is 7.67. The quantitative estimate of drug-likeness (QED) is 0.0685. The van der Waals surface area contributed by atoms with Gasteiger partial charge in [-0.05, 0) is 24.1 Å². The Morgan fingerprint density at radius 3 is 1.47 bits per heavy atom. The standard InChI is InChI=1S/C28H21F10N3O6/c1-47-28(46)13(7-10-18(31)22(35)25(38)23(36)19(10)32)41-27(45)12(6-9-16(29)20(33)24(37)21(34)17(9)30)40-26(44)11(39)4-8-2-3-14(42)15(43)5-8/h2-3,5,11-13,42-43H,4,6-7,39H2,1H3,(H,40,44)(H,41,45)/t11-,12-,13-/m0/s1. The second-order valence-electron chi connectivity index (χ2n) is 9.78. The Morgan fingerprint density at radius 1 is 0.638 bits per heavy atom. The van der Waals surface area contributed by atoms with Gasteiger partial charge in [0, 0.05) is 24.0 Å². The molecular weight excluding hydrogens is 664 g/mol. The van der Waals surface area contributed by atoms with Crippen LogP contribution in [-0.4, -0.2) is 53.2 Å². The lowest BCUT2D eigenvalue weighted by Crippen LogP contribution is -2.56. The van der Waals surface area contributed by atoms with E-state index in [9.17, 15) is 68.5 Å². The first-order chi connectivity index (χ1) is 21.9. The van der Waals surface area contributed by atoms with Gasteiger partial charge in [0.25, 0.3) is 0 Å². The normalized spacial score (nSPS) is 13.1. The van der Waals surface area contributed by atoms with Crippen LogP contribution in [0.1, 0.15) is 16.7 Å². The number of halogens is 10. The molecule has 0 aliphatic heterocycles. The topological polar surface area (TPSA) is 151 Å². The minimum atomic E-state index is -2.57. The van der Waals surface area contributed by atoms with Crippen LogP contribution in [0.3, 0.4) is 0 Å². The summed E-state index contributed by atoms with van der Waals surface area (Å²) in [6.45, 7) is 0. The first-order valence-corrected chi connectivity index (χ1v) is 12.9. The van der Waals surface area contributed by atoms with Crippen LogP contribution in [0.4, 0.5) is 43.9 Å². The van der Waals surface area contributed by atoms with E-state index in [1.54, 1.807) is 5.32 Å². The van der Waals surface area contributed by atoms with Gasteiger partial charge in [-0.15, -0.1) is 0 Å². The third-order valence-electron chi connectivity index (χ3n) is 6.69. The number of nitrogens with two attached hydrogens (primary N) is 1. The van der Waals surface area contributed by atoms with Gasteiger partial charge in [-0.3, -0.25) is 9.59 Å². The maximum absolute atomic E-state index is 14.5. The van der Waals surface area contributed by atoms with E-state index < -0.39 is 136 Å². The summed E-state index contributed by atoms with van der Waals surface area (Å²) in [5.41, 5.74) is 2.65. The largest absolute Gasteiger partial charge is 0.504 e. The van der Waals surface area contributed by atoms with Crippen LogP contribution in [0.5, 0.6) is 11.5 Å². The molecule has 9 nitrogen and oxygen atoms in total. The van der Waals surface area contributed by atoms with E-state index in [1.165, 1.54) is 6.07 Å². The van der Waals surface area contributed by atoms with E-state index in [2.05, 4.69) is 4.74 Å². The van der Waals surface area contributed by atoms with Gasteiger partial charge in [-0.1, -0.05) is 6.07 Å². The monoisotopic (exact) mass is 685 g/mol. The first-order valence-electron chi connectivity index (χ1n) is 12.9. The zero-order valence-corrected chi connectivity index (χ0v) is 23.5. The van der Waals surface area contributed by atoms with E-state index in [-0.39, 0.29) is 5.56 Å². The van der Waals surface area contributed by atoms with Crippen molar-refractivity contribution in [3.8, 4) is 11.5 Å². The number of phenols is 2. The summed E-state index contributed by atoms with van der Waals surface area (Å²) in [5.74, 6) is -30.3. The average Bonchev–Trinajstić information content (AvgIpc) is 3.04. The van der Waals surface area contributed by atoms with Crippen molar-refractivity contribution in [2.75, 3.05) is 7.11 Å². The van der Waals surface area contributed by atoms with Gasteiger partial charge in [0.2, 0.25) is 23.4 Å². The molecule has 0 radical (unpaired) electrons. The molecule has 3 atom stereocenters. The van der Waals surface area contributed by atoms with Gasteiger partial charge in [0.15, 0.2) is 58.0 Å². The van der Waals surface area contributed by atoms with Gasteiger partial charge in [-0.25, -0.2) is 48.7 Å². The highest BCUT2D eigenvalue weighted by Crippen LogP contribution is 2.27. The molecule has 19 heteroatoms. The molecule has 0 fully saturated rings. The number of nitrogens with one attached hydrogen (secondary N) is 2. The minimum Gasteiger partial charge on any atom is -0.504 e. The molecule has 254 valence electrons. The van der Waals surface area contributed by atoms with Gasteiger partial charge < -0.3 is 31.3 Å². The lowest BCUT2D eigenvalue weighted by Gasteiger charge is -2.24. The van der Waals surface area contributed by atoms with E-state index >= 15 is 0 Å². The Bertz CT molecular complexity index is 1680. The second kappa shape index (κ2) is 14.6. The van der Waals surface area contributed by atoms with E-state index in [4.69, 9.17) is 5.73 Å². The molecular formula is C28H21F10N3O6. The number of amides is 2. The fraction of sp³-hybridized carbons (Fsp3) is 0.250. The fourth-order valence-electron chi connectivity index (χ4n) is 4.21. The van der Waals surface area contributed by atoms with E-state index in [1.807, 2.05) is 5.32 Å². The molecule has 0 aromatic heterocycles. The smallest absolute Gasteiger partial charge is 0.328 e. The summed E-state index contributed by atoms with van der Waals surface area (Å²) in [6, 6.07) is -3.17. The molecule has 3 aromatic carbocycles. The Balaban J connectivity index is 2.00. The third-order valence-corrected chi connectivity index (χ3v) is 6.69. The number of rotatable bonds is 11. The molecule has 6 N–H and O–H groups in total. The molecule has 0 bridgehead atoms. The molecule has 0 unspecified atom stereocenters. The van der Waals surface area contributed by atoms with Crippen LogP contribution in [0.15, 0.2) is 18.2 Å². The number of aromatic hydroxyl groups is 2. The minimum absolute atomic E-state index is 0.122.